The Balaban J connectivity index is 1.50. The highest BCUT2D eigenvalue weighted by molar-refractivity contribution is 5.72. The topological polar surface area (TPSA) is 102 Å². The lowest BCUT2D eigenvalue weighted by molar-refractivity contribution is -0.138. The molecule has 0 aromatic carbocycles. The molecule has 0 bridgehead atoms. The zero-order valence-electron chi connectivity index (χ0n) is 13.4. The fraction of sp³-hybridized carbons (Fsp3) is 0.765. The van der Waals surface area contributed by atoms with Crippen molar-refractivity contribution >= 4 is 12.1 Å². The summed E-state index contributed by atoms with van der Waals surface area (Å²) in [6.07, 6.45) is 5.56. The first-order valence-electron chi connectivity index (χ1n) is 8.44. The smallest absolute Gasteiger partial charge is 0.407 e. The van der Waals surface area contributed by atoms with Crippen molar-refractivity contribution in [3.8, 4) is 11.8 Å². The molecule has 6 nitrogen and oxygen atoms in total. The Labute approximate surface area is 137 Å². The van der Waals surface area contributed by atoms with Gasteiger partial charge in [0.25, 0.3) is 0 Å². The Morgan fingerprint density at radius 2 is 1.87 bits per heavy atom. The summed E-state index contributed by atoms with van der Waals surface area (Å²) in [7, 11) is 0. The van der Waals surface area contributed by atoms with Crippen LogP contribution in [0.3, 0.4) is 0 Å². The van der Waals surface area contributed by atoms with Crippen LogP contribution in [0.1, 0.15) is 44.9 Å². The largest absolute Gasteiger partial charge is 0.480 e. The lowest BCUT2D eigenvalue weighted by atomic mass is 10.1. The van der Waals surface area contributed by atoms with Gasteiger partial charge in [0, 0.05) is 19.4 Å². The van der Waals surface area contributed by atoms with E-state index in [9.17, 15) is 9.59 Å². The third-order valence-corrected chi connectivity index (χ3v) is 4.77. The molecule has 0 aromatic heterocycles. The van der Waals surface area contributed by atoms with Crippen molar-refractivity contribution in [2.45, 2.75) is 51.0 Å². The lowest BCUT2D eigenvalue weighted by Crippen LogP contribution is -2.30. The molecule has 2 rings (SSSR count). The zero-order valence-corrected chi connectivity index (χ0v) is 13.4. The van der Waals surface area contributed by atoms with E-state index in [0.717, 1.165) is 25.7 Å². The number of fused-ring (bicyclic) bond motifs is 1. The van der Waals surface area contributed by atoms with E-state index in [2.05, 4.69) is 17.2 Å². The molecule has 1 saturated carbocycles. The van der Waals surface area contributed by atoms with Gasteiger partial charge in [-0.2, -0.15) is 0 Å². The Hall–Kier alpha value is -1.74. The van der Waals surface area contributed by atoms with Crippen molar-refractivity contribution in [2.75, 3.05) is 13.2 Å². The number of nitrogens with two attached hydrogens (primary N) is 1. The van der Waals surface area contributed by atoms with Crippen LogP contribution in [-0.2, 0) is 9.53 Å². The third-order valence-electron chi connectivity index (χ3n) is 4.77. The van der Waals surface area contributed by atoms with E-state index < -0.39 is 12.0 Å². The normalized spacial score (nSPS) is 26.6. The van der Waals surface area contributed by atoms with Crippen molar-refractivity contribution in [1.29, 1.82) is 0 Å². The van der Waals surface area contributed by atoms with Crippen LogP contribution in [0.4, 0.5) is 4.79 Å². The molecule has 0 radical (unpaired) electrons. The van der Waals surface area contributed by atoms with Crippen molar-refractivity contribution in [3.63, 3.8) is 0 Å². The number of unbranched alkanes of at least 4 members (excludes halogenated alkanes) is 1. The predicted molar refractivity (Wildman–Crippen MR) is 85.5 cm³/mol. The molecule has 0 spiro atoms. The molecule has 2 aliphatic carbocycles. The maximum absolute atomic E-state index is 11.6. The van der Waals surface area contributed by atoms with Crippen molar-refractivity contribution in [1.82, 2.24) is 5.32 Å². The summed E-state index contributed by atoms with van der Waals surface area (Å²) >= 11 is 0. The van der Waals surface area contributed by atoms with Crippen LogP contribution in [0.15, 0.2) is 0 Å². The van der Waals surface area contributed by atoms with Crippen LogP contribution in [0, 0.1) is 29.6 Å². The van der Waals surface area contributed by atoms with Crippen LogP contribution in [0.5, 0.6) is 0 Å². The van der Waals surface area contributed by atoms with E-state index in [1.54, 1.807) is 0 Å². The number of aliphatic carboxylic acids is 1. The molecular weight excluding hydrogens is 296 g/mol. The van der Waals surface area contributed by atoms with Gasteiger partial charge >= 0.3 is 12.1 Å². The van der Waals surface area contributed by atoms with E-state index in [1.165, 1.54) is 0 Å². The first kappa shape index (κ1) is 17.6. The Bertz CT molecular complexity index is 465. The SMILES string of the molecule is N[C@H](CCCCNC(=O)OCC1[C@H]2CCC#CCC[C@@H]12)C(=O)O. The monoisotopic (exact) mass is 322 g/mol. The summed E-state index contributed by atoms with van der Waals surface area (Å²) in [5.74, 6) is 7.20. The quantitative estimate of drug-likeness (QED) is 0.467. The number of rotatable bonds is 8. The minimum atomic E-state index is -0.986. The van der Waals surface area contributed by atoms with Crippen molar-refractivity contribution < 1.29 is 19.4 Å². The first-order chi connectivity index (χ1) is 11.1. The number of nitrogens with one attached hydrogen (secondary N) is 1. The Kier molecular flexibility index (Phi) is 6.72. The van der Waals surface area contributed by atoms with Crippen LogP contribution in [0.25, 0.3) is 0 Å². The van der Waals surface area contributed by atoms with Crippen LogP contribution in [-0.4, -0.2) is 36.4 Å². The zero-order chi connectivity index (χ0) is 16.7. The number of carboxylic acids is 1. The number of carbonyl (C=O) groups excluding carboxylic acids is 1. The summed E-state index contributed by atoms with van der Waals surface area (Å²) in [4.78, 5) is 22.2. The van der Waals surface area contributed by atoms with Gasteiger partial charge in [-0.15, -0.1) is 11.8 Å². The Morgan fingerprint density at radius 1 is 1.22 bits per heavy atom. The standard InChI is InChI=1S/C17H26N2O4/c18-15(16(20)21)9-5-6-10-19-17(22)23-11-14-12-7-3-1-2-4-8-13(12)14/h12-15H,3-11,18H2,(H,19,22)(H,20,21)/t12-,13+,14?,15-/m1/s1. The average Bonchev–Trinajstić information content (AvgIpc) is 3.14. The second-order valence-electron chi connectivity index (χ2n) is 6.39. The molecule has 4 N–H and O–H groups in total. The fourth-order valence-electron chi connectivity index (χ4n) is 3.31. The van der Waals surface area contributed by atoms with Gasteiger partial charge in [0.1, 0.15) is 6.04 Å². The number of hydrogen-bond donors (Lipinski definition) is 3. The van der Waals surface area contributed by atoms with E-state index in [0.29, 0.717) is 50.2 Å². The fourth-order valence-corrected chi connectivity index (χ4v) is 3.31. The number of alkyl carbamates (subject to hydrolysis) is 1. The molecule has 0 aromatic rings. The lowest BCUT2D eigenvalue weighted by Gasteiger charge is -2.08. The predicted octanol–water partition coefficient (Wildman–Crippen LogP) is 1.73. The summed E-state index contributed by atoms with van der Waals surface area (Å²) in [6.45, 7) is 0.974. The minimum Gasteiger partial charge on any atom is -0.480 e. The molecule has 0 heterocycles. The van der Waals surface area contributed by atoms with E-state index >= 15 is 0 Å². The van der Waals surface area contributed by atoms with Gasteiger partial charge in [-0.3, -0.25) is 4.79 Å². The van der Waals surface area contributed by atoms with Crippen LogP contribution < -0.4 is 11.1 Å². The highest BCUT2D eigenvalue weighted by Crippen LogP contribution is 2.52. The molecule has 1 amide bonds. The molecule has 4 atom stereocenters. The van der Waals surface area contributed by atoms with Crippen LogP contribution >= 0.6 is 0 Å². The van der Waals surface area contributed by atoms with Crippen molar-refractivity contribution in [2.24, 2.45) is 23.5 Å². The highest BCUT2D eigenvalue weighted by atomic mass is 16.5. The van der Waals surface area contributed by atoms with E-state index in [4.69, 9.17) is 15.6 Å². The van der Waals surface area contributed by atoms with E-state index in [-0.39, 0.29) is 6.09 Å². The molecule has 0 saturated heterocycles. The number of amides is 1. The Morgan fingerprint density at radius 3 is 2.48 bits per heavy atom. The van der Waals surface area contributed by atoms with Crippen molar-refractivity contribution in [3.05, 3.63) is 0 Å². The maximum atomic E-state index is 11.6. The van der Waals surface area contributed by atoms with E-state index in [1.807, 2.05) is 0 Å². The van der Waals surface area contributed by atoms with Gasteiger partial charge in [-0.05, 0) is 49.9 Å². The molecular formula is C17H26N2O4. The average molecular weight is 322 g/mol. The van der Waals surface area contributed by atoms with Crippen LogP contribution in [0.2, 0.25) is 0 Å². The molecule has 23 heavy (non-hydrogen) atoms. The minimum absolute atomic E-state index is 0.386. The summed E-state index contributed by atoms with van der Waals surface area (Å²) in [6, 6.07) is -0.822. The number of ether oxygens (including phenoxy) is 1. The second-order valence-corrected chi connectivity index (χ2v) is 6.39. The summed E-state index contributed by atoms with van der Waals surface area (Å²) in [5.41, 5.74) is 5.41. The van der Waals surface area contributed by atoms with Gasteiger partial charge in [0.2, 0.25) is 0 Å². The molecule has 2 aliphatic rings. The third kappa shape index (κ3) is 5.76. The maximum Gasteiger partial charge on any atom is 0.407 e. The molecule has 1 fully saturated rings. The highest BCUT2D eigenvalue weighted by Gasteiger charge is 2.49. The molecule has 6 heteroatoms. The van der Waals surface area contributed by atoms with Gasteiger partial charge in [0.15, 0.2) is 0 Å². The van der Waals surface area contributed by atoms with Gasteiger partial charge in [-0.1, -0.05) is 0 Å². The summed E-state index contributed by atoms with van der Waals surface area (Å²) in [5, 5.41) is 11.4. The molecule has 128 valence electrons. The summed E-state index contributed by atoms with van der Waals surface area (Å²) < 4.78 is 5.30. The number of carbonyl (C=O) groups is 2. The molecule has 1 unspecified atom stereocenters. The second kappa shape index (κ2) is 8.78. The molecule has 0 aliphatic heterocycles. The van der Waals surface area contributed by atoms with Gasteiger partial charge in [-0.25, -0.2) is 4.79 Å². The number of hydrogen-bond acceptors (Lipinski definition) is 4. The van der Waals surface area contributed by atoms with Gasteiger partial charge < -0.3 is 20.9 Å². The van der Waals surface area contributed by atoms with Gasteiger partial charge in [0.05, 0.1) is 6.61 Å². The first-order valence-corrected chi connectivity index (χ1v) is 8.44. The number of carboxylic acid groups (broad SMARTS) is 1.